The summed E-state index contributed by atoms with van der Waals surface area (Å²) in [7, 11) is 0. The van der Waals surface area contributed by atoms with Crippen LogP contribution >= 0.6 is 0 Å². The smallest absolute Gasteiger partial charge is 0.227 e. The van der Waals surface area contributed by atoms with Gasteiger partial charge in [0.25, 0.3) is 0 Å². The minimum Gasteiger partial charge on any atom is -0.436 e. The number of para-hydroxylation sites is 3. The van der Waals surface area contributed by atoms with Crippen LogP contribution in [0.5, 0.6) is 0 Å². The zero-order chi connectivity index (χ0) is 30.8. The first-order valence-corrected chi connectivity index (χ1v) is 15.6. The average Bonchev–Trinajstić information content (AvgIpc) is 3.69. The molecule has 5 heteroatoms. The van der Waals surface area contributed by atoms with E-state index in [2.05, 4.69) is 126 Å². The van der Waals surface area contributed by atoms with Gasteiger partial charge in [-0.2, -0.15) is 0 Å². The number of aromatic nitrogens is 3. The summed E-state index contributed by atoms with van der Waals surface area (Å²) in [5.41, 5.74) is 12.4. The summed E-state index contributed by atoms with van der Waals surface area (Å²) in [6, 6.07) is 50.6. The maximum atomic E-state index is 6.37. The van der Waals surface area contributed by atoms with Gasteiger partial charge >= 0.3 is 0 Å². The van der Waals surface area contributed by atoms with E-state index < -0.39 is 0 Å². The van der Waals surface area contributed by atoms with E-state index in [1.807, 2.05) is 42.5 Å². The Kier molecular flexibility index (Phi) is 5.78. The SMILES string of the molecule is CC1(C)c2ccccc2N(c2ccc(-c3nc4cc5c(cc4o3)nc(-c3ccccc3)n5-c3ccccc3)cc2)c2ccccc21. The van der Waals surface area contributed by atoms with Gasteiger partial charge in [0.2, 0.25) is 5.89 Å². The molecular formula is C41H30N4O. The summed E-state index contributed by atoms with van der Waals surface area (Å²) in [6.07, 6.45) is 0. The molecule has 0 bridgehead atoms. The molecule has 0 atom stereocenters. The molecule has 0 unspecified atom stereocenters. The molecule has 0 N–H and O–H groups in total. The predicted molar refractivity (Wildman–Crippen MR) is 186 cm³/mol. The van der Waals surface area contributed by atoms with Gasteiger partial charge in [-0.05, 0) is 65.7 Å². The molecular weight excluding hydrogens is 564 g/mol. The maximum absolute atomic E-state index is 6.37. The summed E-state index contributed by atoms with van der Waals surface area (Å²) in [6.45, 7) is 4.61. The van der Waals surface area contributed by atoms with Crippen LogP contribution in [-0.2, 0) is 5.41 Å². The van der Waals surface area contributed by atoms with Crippen LogP contribution in [0.25, 0.3) is 50.7 Å². The molecule has 0 fully saturated rings. The van der Waals surface area contributed by atoms with Crippen LogP contribution in [0.2, 0.25) is 0 Å². The van der Waals surface area contributed by atoms with Crippen LogP contribution < -0.4 is 4.90 Å². The summed E-state index contributed by atoms with van der Waals surface area (Å²) in [5.74, 6) is 1.47. The van der Waals surface area contributed by atoms with Crippen molar-refractivity contribution in [3.8, 4) is 28.5 Å². The number of fused-ring (bicyclic) bond motifs is 4. The molecule has 1 aliphatic rings. The van der Waals surface area contributed by atoms with Crippen LogP contribution in [0.4, 0.5) is 17.1 Å². The highest BCUT2D eigenvalue weighted by atomic mass is 16.3. The zero-order valence-corrected chi connectivity index (χ0v) is 25.6. The molecule has 0 spiro atoms. The monoisotopic (exact) mass is 594 g/mol. The Morgan fingerprint density at radius 1 is 0.543 bits per heavy atom. The zero-order valence-electron chi connectivity index (χ0n) is 25.6. The lowest BCUT2D eigenvalue weighted by Gasteiger charge is -2.42. The number of rotatable bonds is 4. The van der Waals surface area contributed by atoms with Gasteiger partial charge in [-0.1, -0.05) is 98.8 Å². The molecule has 0 saturated carbocycles. The molecule has 0 radical (unpaired) electrons. The summed E-state index contributed by atoms with van der Waals surface area (Å²) >= 11 is 0. The quantitative estimate of drug-likeness (QED) is 0.203. The lowest BCUT2D eigenvalue weighted by Crippen LogP contribution is -2.30. The molecule has 0 aliphatic carbocycles. The molecule has 46 heavy (non-hydrogen) atoms. The fraction of sp³-hybridized carbons (Fsp3) is 0.0732. The molecule has 6 aromatic carbocycles. The van der Waals surface area contributed by atoms with Crippen LogP contribution in [0.3, 0.4) is 0 Å². The van der Waals surface area contributed by atoms with Gasteiger partial charge in [-0.15, -0.1) is 0 Å². The van der Waals surface area contributed by atoms with E-state index in [4.69, 9.17) is 14.4 Å². The number of nitrogens with zero attached hydrogens (tertiary/aromatic N) is 4. The normalized spacial score (nSPS) is 13.6. The Balaban J connectivity index is 1.13. The molecule has 2 aromatic heterocycles. The van der Waals surface area contributed by atoms with Crippen molar-refractivity contribution >= 4 is 39.2 Å². The van der Waals surface area contributed by atoms with Gasteiger partial charge < -0.3 is 9.32 Å². The lowest BCUT2D eigenvalue weighted by molar-refractivity contribution is 0.620. The Labute approximate surface area is 267 Å². The minimum atomic E-state index is -0.0932. The predicted octanol–water partition coefficient (Wildman–Crippen LogP) is 10.6. The number of benzene rings is 6. The highest BCUT2D eigenvalue weighted by Gasteiger charge is 2.36. The first kappa shape index (κ1) is 26.5. The van der Waals surface area contributed by atoms with Crippen molar-refractivity contribution in [1.82, 2.24) is 14.5 Å². The van der Waals surface area contributed by atoms with Crippen LogP contribution in [0.1, 0.15) is 25.0 Å². The standard InChI is InChI=1S/C41H30N4O/c1-41(2)31-17-9-11-19-35(31)44(36-20-12-10-18-32(36)41)30-23-21-28(22-24-30)40-43-34-25-37-33(26-38(34)46-40)42-39(27-13-5-3-6-14-27)45(37)29-15-7-4-8-16-29/h3-26H,1-2H3. The van der Waals surface area contributed by atoms with Crippen LogP contribution in [0, 0.1) is 0 Å². The van der Waals surface area contributed by atoms with Crippen molar-refractivity contribution < 1.29 is 4.42 Å². The Morgan fingerprint density at radius 2 is 1.15 bits per heavy atom. The van der Waals surface area contributed by atoms with E-state index in [0.717, 1.165) is 44.9 Å². The third kappa shape index (κ3) is 4.02. The van der Waals surface area contributed by atoms with Crippen molar-refractivity contribution in [2.45, 2.75) is 19.3 Å². The number of anilines is 3. The second-order valence-electron chi connectivity index (χ2n) is 12.3. The third-order valence-electron chi connectivity index (χ3n) is 9.22. The average molecular weight is 595 g/mol. The van der Waals surface area contributed by atoms with E-state index in [9.17, 15) is 0 Å². The van der Waals surface area contributed by atoms with Crippen molar-refractivity contribution in [2.75, 3.05) is 4.90 Å². The van der Waals surface area contributed by atoms with E-state index in [0.29, 0.717) is 11.5 Å². The van der Waals surface area contributed by atoms with Crippen LogP contribution in [0.15, 0.2) is 150 Å². The molecule has 220 valence electrons. The summed E-state index contributed by atoms with van der Waals surface area (Å²) < 4.78 is 8.57. The lowest BCUT2D eigenvalue weighted by atomic mass is 9.73. The van der Waals surface area contributed by atoms with E-state index in [-0.39, 0.29) is 5.41 Å². The topological polar surface area (TPSA) is 47.1 Å². The van der Waals surface area contributed by atoms with Gasteiger partial charge in [0.15, 0.2) is 5.58 Å². The Bertz CT molecular complexity index is 2340. The molecule has 9 rings (SSSR count). The second kappa shape index (κ2) is 10.0. The molecule has 0 saturated heterocycles. The van der Waals surface area contributed by atoms with E-state index >= 15 is 0 Å². The Morgan fingerprint density at radius 3 is 1.83 bits per heavy atom. The van der Waals surface area contributed by atoms with Gasteiger partial charge in [-0.3, -0.25) is 4.57 Å². The van der Waals surface area contributed by atoms with Crippen molar-refractivity contribution in [1.29, 1.82) is 0 Å². The molecule has 0 amide bonds. The van der Waals surface area contributed by atoms with Gasteiger partial charge in [0.05, 0.1) is 22.4 Å². The number of hydrogen-bond donors (Lipinski definition) is 0. The highest BCUT2D eigenvalue weighted by Crippen LogP contribution is 2.51. The van der Waals surface area contributed by atoms with Gasteiger partial charge in [-0.25, -0.2) is 9.97 Å². The fourth-order valence-electron chi connectivity index (χ4n) is 6.94. The molecule has 3 heterocycles. The summed E-state index contributed by atoms with van der Waals surface area (Å²) in [4.78, 5) is 12.4. The minimum absolute atomic E-state index is 0.0932. The first-order chi connectivity index (χ1) is 22.6. The number of hydrogen-bond acceptors (Lipinski definition) is 4. The number of imidazole rings is 1. The summed E-state index contributed by atoms with van der Waals surface area (Å²) in [5, 5.41) is 0. The maximum Gasteiger partial charge on any atom is 0.227 e. The number of oxazole rings is 1. The first-order valence-electron chi connectivity index (χ1n) is 15.6. The highest BCUT2D eigenvalue weighted by molar-refractivity contribution is 5.94. The van der Waals surface area contributed by atoms with Gasteiger partial charge in [0.1, 0.15) is 11.3 Å². The molecule has 8 aromatic rings. The molecule has 1 aliphatic heterocycles. The second-order valence-corrected chi connectivity index (χ2v) is 12.3. The van der Waals surface area contributed by atoms with Gasteiger partial charge in [0, 0.05) is 34.0 Å². The van der Waals surface area contributed by atoms with Crippen molar-refractivity contribution in [2.24, 2.45) is 0 Å². The van der Waals surface area contributed by atoms with Crippen LogP contribution in [-0.4, -0.2) is 14.5 Å². The van der Waals surface area contributed by atoms with Crippen molar-refractivity contribution in [3.63, 3.8) is 0 Å². The molecule has 5 nitrogen and oxygen atoms in total. The van der Waals surface area contributed by atoms with E-state index in [1.54, 1.807) is 0 Å². The van der Waals surface area contributed by atoms with Crippen molar-refractivity contribution in [3.05, 3.63) is 157 Å². The van der Waals surface area contributed by atoms with E-state index in [1.165, 1.54) is 22.5 Å². The Hall–Kier alpha value is -5.94. The fourth-order valence-corrected chi connectivity index (χ4v) is 6.94. The third-order valence-corrected chi connectivity index (χ3v) is 9.22. The largest absolute Gasteiger partial charge is 0.436 e.